The quantitative estimate of drug-likeness (QED) is 0.584. The van der Waals surface area contributed by atoms with Crippen LogP contribution in [0.25, 0.3) is 0 Å². The molecule has 0 nitrogen and oxygen atoms in total. The van der Waals surface area contributed by atoms with Crippen LogP contribution in [-0.4, -0.2) is 0 Å². The molecular formula is C12H22. The van der Waals surface area contributed by atoms with Gasteiger partial charge in [-0.05, 0) is 42.4 Å². The molecule has 2 aliphatic carbocycles. The van der Waals surface area contributed by atoms with Gasteiger partial charge in [-0.3, -0.25) is 0 Å². The van der Waals surface area contributed by atoms with E-state index in [1.54, 1.807) is 19.3 Å². The van der Waals surface area contributed by atoms with E-state index in [0.29, 0.717) is 0 Å². The van der Waals surface area contributed by atoms with Gasteiger partial charge in [0.1, 0.15) is 0 Å². The number of rotatable bonds is 2. The molecule has 2 unspecified atom stereocenters. The Kier molecular flexibility index (Phi) is 1.97. The van der Waals surface area contributed by atoms with Crippen molar-refractivity contribution in [1.82, 2.24) is 0 Å². The van der Waals surface area contributed by atoms with Gasteiger partial charge >= 0.3 is 0 Å². The summed E-state index contributed by atoms with van der Waals surface area (Å²) >= 11 is 0. The minimum absolute atomic E-state index is 0.849. The molecule has 0 N–H and O–H groups in total. The van der Waals surface area contributed by atoms with Crippen LogP contribution in [0.5, 0.6) is 0 Å². The van der Waals surface area contributed by atoms with Gasteiger partial charge in [-0.25, -0.2) is 0 Å². The molecule has 0 amide bonds. The van der Waals surface area contributed by atoms with Crippen molar-refractivity contribution in [3.05, 3.63) is 0 Å². The van der Waals surface area contributed by atoms with Gasteiger partial charge in [0.2, 0.25) is 0 Å². The first kappa shape index (κ1) is 8.59. The van der Waals surface area contributed by atoms with Crippen LogP contribution < -0.4 is 0 Å². The summed E-state index contributed by atoms with van der Waals surface area (Å²) in [6, 6.07) is 0. The van der Waals surface area contributed by atoms with Crippen molar-refractivity contribution in [3.8, 4) is 0 Å². The lowest BCUT2D eigenvalue weighted by Crippen LogP contribution is -2.54. The molecule has 0 saturated heterocycles. The molecule has 0 aliphatic heterocycles. The highest BCUT2D eigenvalue weighted by Gasteiger charge is 2.56. The average molecular weight is 166 g/mol. The highest BCUT2D eigenvalue weighted by atomic mass is 14.6. The van der Waals surface area contributed by atoms with Crippen LogP contribution >= 0.6 is 0 Å². The summed E-state index contributed by atoms with van der Waals surface area (Å²) in [5, 5.41) is 0. The lowest BCUT2D eigenvalue weighted by Gasteiger charge is -2.63. The van der Waals surface area contributed by atoms with Gasteiger partial charge in [-0.15, -0.1) is 0 Å². The van der Waals surface area contributed by atoms with E-state index in [2.05, 4.69) is 20.8 Å². The predicted molar refractivity (Wildman–Crippen MR) is 53.0 cm³/mol. The third-order valence-corrected chi connectivity index (χ3v) is 4.83. The normalized spacial score (nSPS) is 51.8. The van der Waals surface area contributed by atoms with Crippen molar-refractivity contribution in [1.29, 1.82) is 0 Å². The molecule has 70 valence electrons. The Morgan fingerprint density at radius 1 is 1.08 bits per heavy atom. The lowest BCUT2D eigenvalue weighted by molar-refractivity contribution is -0.130. The molecule has 2 atom stereocenters. The van der Waals surface area contributed by atoms with Gasteiger partial charge in [-0.2, -0.15) is 0 Å². The van der Waals surface area contributed by atoms with Crippen molar-refractivity contribution in [2.24, 2.45) is 23.2 Å². The highest BCUT2D eigenvalue weighted by molar-refractivity contribution is 5.06. The smallest absolute Gasteiger partial charge is 0.0261 e. The highest BCUT2D eigenvalue weighted by Crippen LogP contribution is 2.65. The largest absolute Gasteiger partial charge is 0.0651 e. The van der Waals surface area contributed by atoms with Crippen molar-refractivity contribution >= 4 is 0 Å². The van der Waals surface area contributed by atoms with Crippen molar-refractivity contribution in [2.45, 2.75) is 52.9 Å². The zero-order chi connectivity index (χ0) is 8.77. The molecule has 2 fully saturated rings. The molecule has 2 aliphatic rings. The first-order valence-electron chi connectivity index (χ1n) is 5.72. The Morgan fingerprint density at radius 3 is 2.17 bits per heavy atom. The second kappa shape index (κ2) is 2.75. The fourth-order valence-electron chi connectivity index (χ4n) is 3.64. The second-order valence-electron chi connectivity index (χ2n) is 5.21. The third kappa shape index (κ3) is 0.963. The van der Waals surface area contributed by atoms with Gasteiger partial charge in [0.25, 0.3) is 0 Å². The number of hydrogen-bond donors (Lipinski definition) is 0. The van der Waals surface area contributed by atoms with Crippen LogP contribution in [-0.2, 0) is 0 Å². The Hall–Kier alpha value is 0. The van der Waals surface area contributed by atoms with E-state index in [1.165, 1.54) is 12.8 Å². The summed E-state index contributed by atoms with van der Waals surface area (Å²) in [5.41, 5.74) is 0.849. The zero-order valence-electron chi connectivity index (χ0n) is 8.77. The standard InChI is InChI=1S/C12H22/c1-4-10-6-12(7-10)8-11(5-2)9(12)3/h9-11H,4-8H2,1-3H3. The summed E-state index contributed by atoms with van der Waals surface area (Å²) in [4.78, 5) is 0. The molecule has 2 rings (SSSR count). The van der Waals surface area contributed by atoms with E-state index < -0.39 is 0 Å². The first-order chi connectivity index (χ1) is 5.72. The Balaban J connectivity index is 1.86. The monoisotopic (exact) mass is 166 g/mol. The van der Waals surface area contributed by atoms with Crippen molar-refractivity contribution < 1.29 is 0 Å². The van der Waals surface area contributed by atoms with E-state index in [1.807, 2.05) is 0 Å². The third-order valence-electron chi connectivity index (χ3n) is 4.83. The molecule has 0 heteroatoms. The van der Waals surface area contributed by atoms with Gasteiger partial charge in [-0.1, -0.05) is 33.6 Å². The van der Waals surface area contributed by atoms with E-state index in [9.17, 15) is 0 Å². The zero-order valence-corrected chi connectivity index (χ0v) is 8.77. The minimum atomic E-state index is 0.849. The van der Waals surface area contributed by atoms with Crippen LogP contribution in [0.2, 0.25) is 0 Å². The van der Waals surface area contributed by atoms with Crippen LogP contribution in [0.15, 0.2) is 0 Å². The molecule has 2 saturated carbocycles. The molecule has 12 heavy (non-hydrogen) atoms. The van der Waals surface area contributed by atoms with Crippen LogP contribution in [0, 0.1) is 23.2 Å². The van der Waals surface area contributed by atoms with Crippen LogP contribution in [0.1, 0.15) is 52.9 Å². The van der Waals surface area contributed by atoms with Gasteiger partial charge in [0, 0.05) is 0 Å². The summed E-state index contributed by atoms with van der Waals surface area (Å²) in [7, 11) is 0. The molecular weight excluding hydrogens is 144 g/mol. The van der Waals surface area contributed by atoms with E-state index in [-0.39, 0.29) is 0 Å². The molecule has 0 heterocycles. The topological polar surface area (TPSA) is 0 Å². The first-order valence-corrected chi connectivity index (χ1v) is 5.72. The summed E-state index contributed by atoms with van der Waals surface area (Å²) in [5.74, 6) is 3.21. The van der Waals surface area contributed by atoms with Crippen LogP contribution in [0.3, 0.4) is 0 Å². The van der Waals surface area contributed by atoms with E-state index in [4.69, 9.17) is 0 Å². The van der Waals surface area contributed by atoms with E-state index in [0.717, 1.165) is 23.2 Å². The molecule has 0 aromatic rings. The molecule has 0 aromatic carbocycles. The van der Waals surface area contributed by atoms with Gasteiger partial charge in [0.05, 0.1) is 0 Å². The van der Waals surface area contributed by atoms with Gasteiger partial charge in [0.15, 0.2) is 0 Å². The summed E-state index contributed by atoms with van der Waals surface area (Å²) < 4.78 is 0. The maximum atomic E-state index is 2.49. The van der Waals surface area contributed by atoms with E-state index >= 15 is 0 Å². The summed E-state index contributed by atoms with van der Waals surface area (Å²) in [6.07, 6.45) is 7.51. The SMILES string of the molecule is CCC1CC2(C1)CC(CC)C2C. The summed E-state index contributed by atoms with van der Waals surface area (Å²) in [6.45, 7) is 7.19. The van der Waals surface area contributed by atoms with Crippen LogP contribution in [0.4, 0.5) is 0 Å². The van der Waals surface area contributed by atoms with Crippen molar-refractivity contribution in [2.75, 3.05) is 0 Å². The molecule has 0 bridgehead atoms. The minimum Gasteiger partial charge on any atom is -0.0651 e. The molecule has 1 spiro atoms. The Labute approximate surface area is 76.7 Å². The number of hydrogen-bond acceptors (Lipinski definition) is 0. The fraction of sp³-hybridized carbons (Fsp3) is 1.00. The Morgan fingerprint density at radius 2 is 1.75 bits per heavy atom. The fourth-order valence-corrected chi connectivity index (χ4v) is 3.64. The maximum Gasteiger partial charge on any atom is -0.0261 e. The van der Waals surface area contributed by atoms with Crippen molar-refractivity contribution in [3.63, 3.8) is 0 Å². The average Bonchev–Trinajstić information content (AvgIpc) is 2.01. The molecule has 0 radical (unpaired) electrons. The van der Waals surface area contributed by atoms with Gasteiger partial charge < -0.3 is 0 Å². The maximum absolute atomic E-state index is 2.49. The molecule has 0 aromatic heterocycles. The Bertz CT molecular complexity index is 159. The lowest BCUT2D eigenvalue weighted by atomic mass is 9.42. The predicted octanol–water partition coefficient (Wildman–Crippen LogP) is 3.86. The second-order valence-corrected chi connectivity index (χ2v) is 5.21.